The molecule has 1 aromatic heterocycles. The number of carboxylic acid groups (broad SMARTS) is 1. The van der Waals surface area contributed by atoms with E-state index in [1.165, 1.54) is 0 Å². The summed E-state index contributed by atoms with van der Waals surface area (Å²) in [6, 6.07) is 9.51. The highest BCUT2D eigenvalue weighted by atomic mass is 16.4. The number of hydrogen-bond acceptors (Lipinski definition) is 3. The zero-order valence-electron chi connectivity index (χ0n) is 13.2. The molecule has 0 unspecified atom stereocenters. The predicted octanol–water partition coefficient (Wildman–Crippen LogP) is 2.87. The van der Waals surface area contributed by atoms with Crippen molar-refractivity contribution in [3.8, 4) is 0 Å². The molecule has 5 nitrogen and oxygen atoms in total. The second kappa shape index (κ2) is 6.36. The minimum atomic E-state index is -0.759. The summed E-state index contributed by atoms with van der Waals surface area (Å²) in [6.07, 6.45) is 1.69. The van der Waals surface area contributed by atoms with Gasteiger partial charge in [-0.15, -0.1) is 0 Å². The lowest BCUT2D eigenvalue weighted by molar-refractivity contribution is -0.138. The molecule has 1 aliphatic rings. The quantitative estimate of drug-likeness (QED) is 0.946. The van der Waals surface area contributed by atoms with Crippen LogP contribution in [0.4, 0.5) is 0 Å². The Hall–Kier alpha value is -2.43. The molecule has 2 aromatic rings. The van der Waals surface area contributed by atoms with Gasteiger partial charge in [0.25, 0.3) is 5.91 Å². The molecule has 120 valence electrons. The van der Waals surface area contributed by atoms with Crippen molar-refractivity contribution in [2.45, 2.75) is 26.2 Å². The van der Waals surface area contributed by atoms with Crippen molar-refractivity contribution in [1.29, 1.82) is 0 Å². The van der Waals surface area contributed by atoms with Gasteiger partial charge >= 0.3 is 5.97 Å². The molecule has 0 spiro atoms. The summed E-state index contributed by atoms with van der Waals surface area (Å²) in [6.45, 7) is 3.13. The third kappa shape index (κ3) is 3.33. The Balaban J connectivity index is 1.81. The Morgan fingerprint density at radius 2 is 1.96 bits per heavy atom. The monoisotopic (exact) mass is 312 g/mol. The molecular formula is C18H20N2O3. The zero-order valence-corrected chi connectivity index (χ0v) is 13.2. The molecule has 0 saturated carbocycles. The van der Waals surface area contributed by atoms with Gasteiger partial charge in [0.15, 0.2) is 0 Å². The molecular weight excluding hydrogens is 292 g/mol. The van der Waals surface area contributed by atoms with E-state index in [4.69, 9.17) is 5.11 Å². The van der Waals surface area contributed by atoms with E-state index >= 15 is 0 Å². The molecule has 0 radical (unpaired) electrons. The van der Waals surface area contributed by atoms with Crippen LogP contribution in [0.25, 0.3) is 10.9 Å². The van der Waals surface area contributed by atoms with E-state index in [0.717, 1.165) is 29.4 Å². The molecule has 5 heteroatoms. The first kappa shape index (κ1) is 15.5. The van der Waals surface area contributed by atoms with Crippen LogP contribution in [0.3, 0.4) is 0 Å². The maximum absolute atomic E-state index is 12.9. The summed E-state index contributed by atoms with van der Waals surface area (Å²) >= 11 is 0. The van der Waals surface area contributed by atoms with Gasteiger partial charge in [0.2, 0.25) is 0 Å². The average molecular weight is 312 g/mol. The van der Waals surface area contributed by atoms with Crippen LogP contribution >= 0.6 is 0 Å². The highest BCUT2D eigenvalue weighted by Crippen LogP contribution is 2.24. The number of fused-ring (bicyclic) bond motifs is 1. The van der Waals surface area contributed by atoms with E-state index in [-0.39, 0.29) is 18.2 Å². The second-order valence-corrected chi connectivity index (χ2v) is 6.16. The third-order valence-corrected chi connectivity index (χ3v) is 4.44. The van der Waals surface area contributed by atoms with Crippen LogP contribution < -0.4 is 0 Å². The molecule has 1 amide bonds. The third-order valence-electron chi connectivity index (χ3n) is 4.44. The Kier molecular flexibility index (Phi) is 4.28. The lowest BCUT2D eigenvalue weighted by Gasteiger charge is -2.31. The van der Waals surface area contributed by atoms with Gasteiger partial charge in [-0.05, 0) is 37.8 Å². The van der Waals surface area contributed by atoms with Gasteiger partial charge in [-0.3, -0.25) is 14.6 Å². The zero-order chi connectivity index (χ0) is 16.4. The summed E-state index contributed by atoms with van der Waals surface area (Å²) in [5, 5.41) is 9.75. The average Bonchev–Trinajstić information content (AvgIpc) is 2.53. The number of aromatic nitrogens is 1. The number of amides is 1. The van der Waals surface area contributed by atoms with Gasteiger partial charge < -0.3 is 10.0 Å². The first-order valence-corrected chi connectivity index (χ1v) is 7.92. The van der Waals surface area contributed by atoms with Gasteiger partial charge in [0.1, 0.15) is 0 Å². The number of pyridine rings is 1. The van der Waals surface area contributed by atoms with Gasteiger partial charge in [-0.2, -0.15) is 0 Å². The lowest BCUT2D eigenvalue weighted by atomic mass is 9.93. The molecule has 0 atom stereocenters. The largest absolute Gasteiger partial charge is 0.481 e. The summed E-state index contributed by atoms with van der Waals surface area (Å²) in [7, 11) is 0. The first-order chi connectivity index (χ1) is 11.0. The molecule has 1 saturated heterocycles. The van der Waals surface area contributed by atoms with Crippen LogP contribution in [-0.4, -0.2) is 40.0 Å². The number of aryl methyl sites for hydroxylation is 1. The number of carboxylic acids is 1. The molecule has 3 rings (SSSR count). The summed E-state index contributed by atoms with van der Waals surface area (Å²) < 4.78 is 0. The number of nitrogens with zero attached hydrogens (tertiary/aromatic N) is 2. The van der Waals surface area contributed by atoms with Crippen molar-refractivity contribution in [3.63, 3.8) is 0 Å². The Morgan fingerprint density at radius 1 is 1.26 bits per heavy atom. The highest BCUT2D eigenvalue weighted by Gasteiger charge is 2.26. The van der Waals surface area contributed by atoms with Crippen LogP contribution in [-0.2, 0) is 4.79 Å². The Bertz CT molecular complexity index is 749. The van der Waals surface area contributed by atoms with Crippen molar-refractivity contribution in [2.75, 3.05) is 13.1 Å². The molecule has 1 aromatic carbocycles. The number of piperidine rings is 1. The molecule has 1 fully saturated rings. The van der Waals surface area contributed by atoms with Crippen molar-refractivity contribution in [2.24, 2.45) is 5.92 Å². The van der Waals surface area contributed by atoms with Crippen LogP contribution in [0.2, 0.25) is 0 Å². The van der Waals surface area contributed by atoms with Crippen LogP contribution in [0, 0.1) is 12.8 Å². The smallest absolute Gasteiger partial charge is 0.303 e. The van der Waals surface area contributed by atoms with Crippen LogP contribution in [0.15, 0.2) is 30.3 Å². The number of rotatable bonds is 3. The van der Waals surface area contributed by atoms with Crippen molar-refractivity contribution >= 4 is 22.8 Å². The predicted molar refractivity (Wildman–Crippen MR) is 87.4 cm³/mol. The van der Waals surface area contributed by atoms with E-state index in [0.29, 0.717) is 18.7 Å². The fourth-order valence-corrected chi connectivity index (χ4v) is 3.24. The first-order valence-electron chi connectivity index (χ1n) is 7.92. The minimum absolute atomic E-state index is 0.0143. The summed E-state index contributed by atoms with van der Waals surface area (Å²) in [5.74, 6) is -0.571. The van der Waals surface area contributed by atoms with E-state index in [2.05, 4.69) is 4.98 Å². The molecule has 0 aliphatic carbocycles. The summed E-state index contributed by atoms with van der Waals surface area (Å²) in [4.78, 5) is 30.0. The highest BCUT2D eigenvalue weighted by molar-refractivity contribution is 6.06. The van der Waals surface area contributed by atoms with Crippen LogP contribution in [0.5, 0.6) is 0 Å². The standard InChI is InChI=1S/C18H20N2O3/c1-12-10-15(14-4-2-3-5-16(14)19-12)18(23)20-8-6-13(7-9-20)11-17(21)22/h2-5,10,13H,6-9,11H2,1H3,(H,21,22). The minimum Gasteiger partial charge on any atom is -0.481 e. The normalized spacial score (nSPS) is 15.8. The maximum Gasteiger partial charge on any atom is 0.303 e. The Morgan fingerprint density at radius 3 is 2.65 bits per heavy atom. The van der Waals surface area contributed by atoms with Gasteiger partial charge in [0, 0.05) is 30.6 Å². The summed E-state index contributed by atoms with van der Waals surface area (Å²) in [5.41, 5.74) is 2.34. The number of aliphatic carboxylic acids is 1. The molecule has 1 aliphatic heterocycles. The van der Waals surface area contributed by atoms with E-state index in [1.807, 2.05) is 42.2 Å². The number of carbonyl (C=O) groups is 2. The van der Waals surface area contributed by atoms with Gasteiger partial charge in [-0.25, -0.2) is 0 Å². The number of hydrogen-bond donors (Lipinski definition) is 1. The number of benzene rings is 1. The maximum atomic E-state index is 12.9. The topological polar surface area (TPSA) is 70.5 Å². The fraction of sp³-hybridized carbons (Fsp3) is 0.389. The van der Waals surface area contributed by atoms with Gasteiger partial charge in [-0.1, -0.05) is 18.2 Å². The number of carbonyl (C=O) groups excluding carboxylic acids is 1. The van der Waals surface area contributed by atoms with Crippen molar-refractivity contribution < 1.29 is 14.7 Å². The van der Waals surface area contributed by atoms with E-state index in [1.54, 1.807) is 0 Å². The van der Waals surface area contributed by atoms with Crippen molar-refractivity contribution in [1.82, 2.24) is 9.88 Å². The molecule has 1 N–H and O–H groups in total. The fourth-order valence-electron chi connectivity index (χ4n) is 3.24. The van der Waals surface area contributed by atoms with Crippen molar-refractivity contribution in [3.05, 3.63) is 41.6 Å². The SMILES string of the molecule is Cc1cc(C(=O)N2CCC(CC(=O)O)CC2)c2ccccc2n1. The number of likely N-dealkylation sites (tertiary alicyclic amines) is 1. The second-order valence-electron chi connectivity index (χ2n) is 6.16. The molecule has 0 bridgehead atoms. The lowest BCUT2D eigenvalue weighted by Crippen LogP contribution is -2.39. The Labute approximate surface area is 134 Å². The van der Waals surface area contributed by atoms with E-state index in [9.17, 15) is 9.59 Å². The van der Waals surface area contributed by atoms with Gasteiger partial charge in [0.05, 0.1) is 11.1 Å². The van der Waals surface area contributed by atoms with E-state index < -0.39 is 5.97 Å². The molecule has 2 heterocycles. The van der Waals surface area contributed by atoms with Crippen LogP contribution in [0.1, 0.15) is 35.3 Å². The number of para-hydroxylation sites is 1. The molecule has 23 heavy (non-hydrogen) atoms.